The second-order valence-electron chi connectivity index (χ2n) is 5.02. The molecule has 0 aromatic carbocycles. The van der Waals surface area contributed by atoms with Gasteiger partial charge in [-0.25, -0.2) is 13.4 Å². The molecule has 0 atom stereocenters. The van der Waals surface area contributed by atoms with Gasteiger partial charge in [-0.2, -0.15) is 0 Å². The smallest absolute Gasteiger partial charge is 0.266 e. The van der Waals surface area contributed by atoms with Crippen LogP contribution in [0.25, 0.3) is 0 Å². The quantitative estimate of drug-likeness (QED) is 0.722. The molecule has 0 aliphatic carbocycles. The number of rotatable bonds is 7. The van der Waals surface area contributed by atoms with Gasteiger partial charge in [0.05, 0.1) is 0 Å². The van der Waals surface area contributed by atoms with Crippen LogP contribution in [-0.4, -0.2) is 43.5 Å². The third kappa shape index (κ3) is 4.92. The van der Waals surface area contributed by atoms with Crippen molar-refractivity contribution >= 4 is 19.7 Å². The van der Waals surface area contributed by atoms with E-state index < -0.39 is 9.05 Å². The maximum Gasteiger partial charge on any atom is 0.266 e. The molecule has 1 aromatic rings. The standard InChI is InChI=1S/C13H21ClN2O3S/c1-10(2)16(11(3)4)8-9-19-13-12(20(14,17)18)6-5-7-15-13/h5-7,10-11H,8-9H2,1-4H3. The molecule has 0 saturated heterocycles. The van der Waals surface area contributed by atoms with Crippen molar-refractivity contribution < 1.29 is 13.2 Å². The first kappa shape index (κ1) is 17.2. The molecule has 5 nitrogen and oxygen atoms in total. The molecule has 114 valence electrons. The van der Waals surface area contributed by atoms with Crippen LogP contribution in [0.15, 0.2) is 23.2 Å². The van der Waals surface area contributed by atoms with Gasteiger partial charge in [-0.3, -0.25) is 4.90 Å². The first-order valence-corrected chi connectivity index (χ1v) is 8.82. The highest BCUT2D eigenvalue weighted by atomic mass is 35.7. The monoisotopic (exact) mass is 320 g/mol. The van der Waals surface area contributed by atoms with Crippen molar-refractivity contribution in [1.82, 2.24) is 9.88 Å². The topological polar surface area (TPSA) is 59.5 Å². The number of hydrogen-bond donors (Lipinski definition) is 0. The van der Waals surface area contributed by atoms with E-state index in [1.165, 1.54) is 18.3 Å². The van der Waals surface area contributed by atoms with Gasteiger partial charge in [-0.05, 0) is 39.8 Å². The minimum absolute atomic E-state index is 0.0509. The average Bonchev–Trinajstić information content (AvgIpc) is 2.33. The largest absolute Gasteiger partial charge is 0.475 e. The number of hydrogen-bond acceptors (Lipinski definition) is 5. The normalized spacial score (nSPS) is 12.4. The van der Waals surface area contributed by atoms with Crippen molar-refractivity contribution in [1.29, 1.82) is 0 Å². The van der Waals surface area contributed by atoms with Crippen molar-refractivity contribution in [3.63, 3.8) is 0 Å². The molecule has 7 heteroatoms. The van der Waals surface area contributed by atoms with Crippen LogP contribution in [0.2, 0.25) is 0 Å². The molecule has 1 rings (SSSR count). The number of aromatic nitrogens is 1. The van der Waals surface area contributed by atoms with Gasteiger partial charge in [0.15, 0.2) is 0 Å². The van der Waals surface area contributed by atoms with Gasteiger partial charge in [-0.15, -0.1) is 0 Å². The minimum Gasteiger partial charge on any atom is -0.475 e. The summed E-state index contributed by atoms with van der Waals surface area (Å²) in [4.78, 5) is 6.08. The molecule has 0 unspecified atom stereocenters. The predicted molar refractivity (Wildman–Crippen MR) is 79.7 cm³/mol. The first-order chi connectivity index (χ1) is 9.23. The molecule has 0 radical (unpaired) electrons. The third-order valence-electron chi connectivity index (χ3n) is 2.91. The van der Waals surface area contributed by atoms with Crippen LogP contribution < -0.4 is 4.74 Å². The van der Waals surface area contributed by atoms with E-state index in [9.17, 15) is 8.42 Å². The van der Waals surface area contributed by atoms with Crippen molar-refractivity contribution in [3.8, 4) is 5.88 Å². The Morgan fingerprint density at radius 3 is 2.40 bits per heavy atom. The minimum atomic E-state index is -3.85. The molecule has 0 fully saturated rings. The molecule has 0 amide bonds. The molecule has 0 aliphatic heterocycles. The lowest BCUT2D eigenvalue weighted by Crippen LogP contribution is -2.39. The lowest BCUT2D eigenvalue weighted by atomic mass is 10.2. The van der Waals surface area contributed by atoms with Crippen LogP contribution >= 0.6 is 10.7 Å². The number of nitrogens with zero attached hydrogens (tertiary/aromatic N) is 2. The molecular formula is C13H21ClN2O3S. The first-order valence-electron chi connectivity index (χ1n) is 6.51. The lowest BCUT2D eigenvalue weighted by Gasteiger charge is -2.30. The summed E-state index contributed by atoms with van der Waals surface area (Å²) in [6, 6.07) is 3.67. The summed E-state index contributed by atoms with van der Waals surface area (Å²) < 4.78 is 28.3. The van der Waals surface area contributed by atoms with Gasteiger partial charge < -0.3 is 4.74 Å². The van der Waals surface area contributed by atoms with Crippen LogP contribution in [0.5, 0.6) is 5.88 Å². The van der Waals surface area contributed by atoms with Gasteiger partial charge >= 0.3 is 0 Å². The molecule has 1 aromatic heterocycles. The zero-order valence-electron chi connectivity index (χ0n) is 12.2. The van der Waals surface area contributed by atoms with Gasteiger partial charge in [0.1, 0.15) is 11.5 Å². The zero-order valence-corrected chi connectivity index (χ0v) is 13.8. The SMILES string of the molecule is CC(C)N(CCOc1ncccc1S(=O)(=O)Cl)C(C)C. The highest BCUT2D eigenvalue weighted by molar-refractivity contribution is 8.13. The second-order valence-corrected chi connectivity index (χ2v) is 7.55. The second kappa shape index (κ2) is 7.24. The molecule has 20 heavy (non-hydrogen) atoms. The Morgan fingerprint density at radius 1 is 1.30 bits per heavy atom. The fourth-order valence-corrected chi connectivity index (χ4v) is 2.94. The van der Waals surface area contributed by atoms with E-state index in [4.69, 9.17) is 15.4 Å². The van der Waals surface area contributed by atoms with Gasteiger partial charge in [0.2, 0.25) is 5.88 Å². The van der Waals surface area contributed by atoms with E-state index in [1.807, 2.05) is 0 Å². The van der Waals surface area contributed by atoms with Crippen LogP contribution in [-0.2, 0) is 9.05 Å². The Bertz CT molecular complexity index is 524. The highest BCUT2D eigenvalue weighted by Crippen LogP contribution is 2.23. The van der Waals surface area contributed by atoms with Gasteiger partial charge in [0.25, 0.3) is 9.05 Å². The van der Waals surface area contributed by atoms with E-state index in [-0.39, 0.29) is 10.8 Å². The fraction of sp³-hybridized carbons (Fsp3) is 0.615. The van der Waals surface area contributed by atoms with Crippen molar-refractivity contribution in [2.45, 2.75) is 44.7 Å². The molecule has 0 spiro atoms. The predicted octanol–water partition coefficient (Wildman–Crippen LogP) is 2.51. The summed E-state index contributed by atoms with van der Waals surface area (Å²) in [6.07, 6.45) is 1.48. The fourth-order valence-electron chi connectivity index (χ4n) is 2.03. The molecule has 0 bridgehead atoms. The Kier molecular flexibility index (Phi) is 6.23. The Balaban J connectivity index is 2.72. The zero-order chi connectivity index (χ0) is 15.3. The van der Waals surface area contributed by atoms with E-state index in [1.54, 1.807) is 0 Å². The van der Waals surface area contributed by atoms with Crippen LogP contribution in [0.4, 0.5) is 0 Å². The van der Waals surface area contributed by atoms with E-state index in [2.05, 4.69) is 37.6 Å². The van der Waals surface area contributed by atoms with Crippen LogP contribution in [0.3, 0.4) is 0 Å². The number of ether oxygens (including phenoxy) is 1. The van der Waals surface area contributed by atoms with Gasteiger partial charge in [-0.1, -0.05) is 0 Å². The lowest BCUT2D eigenvalue weighted by molar-refractivity contribution is 0.139. The number of halogens is 1. The summed E-state index contributed by atoms with van der Waals surface area (Å²) in [5, 5.41) is 0. The van der Waals surface area contributed by atoms with E-state index in [0.717, 1.165) is 0 Å². The van der Waals surface area contributed by atoms with Crippen molar-refractivity contribution in [2.24, 2.45) is 0 Å². The van der Waals surface area contributed by atoms with Crippen molar-refractivity contribution in [2.75, 3.05) is 13.2 Å². The Morgan fingerprint density at radius 2 is 1.90 bits per heavy atom. The summed E-state index contributed by atoms with van der Waals surface area (Å²) in [6.45, 7) is 9.47. The van der Waals surface area contributed by atoms with Crippen molar-refractivity contribution in [3.05, 3.63) is 18.3 Å². The van der Waals surface area contributed by atoms with Gasteiger partial charge in [0, 0.05) is 35.5 Å². The van der Waals surface area contributed by atoms with Crippen LogP contribution in [0, 0.1) is 0 Å². The Hall–Kier alpha value is -0.850. The molecule has 1 heterocycles. The Labute approximate surface area is 125 Å². The maximum atomic E-state index is 11.4. The highest BCUT2D eigenvalue weighted by Gasteiger charge is 2.18. The van der Waals surface area contributed by atoms with E-state index in [0.29, 0.717) is 25.2 Å². The average molecular weight is 321 g/mol. The van der Waals surface area contributed by atoms with Crippen LogP contribution in [0.1, 0.15) is 27.7 Å². The molecular weight excluding hydrogens is 300 g/mol. The number of pyridine rings is 1. The van der Waals surface area contributed by atoms with E-state index >= 15 is 0 Å². The maximum absolute atomic E-state index is 11.4. The molecule has 0 N–H and O–H groups in total. The summed E-state index contributed by atoms with van der Waals surface area (Å²) >= 11 is 0. The molecule has 0 aliphatic rings. The summed E-state index contributed by atoms with van der Waals surface area (Å²) in [5.74, 6) is 0.0509. The third-order valence-corrected chi connectivity index (χ3v) is 4.25. The molecule has 0 saturated carbocycles. The summed E-state index contributed by atoms with van der Waals surface area (Å²) in [7, 11) is 1.50. The summed E-state index contributed by atoms with van der Waals surface area (Å²) in [5.41, 5.74) is 0.